The number of carbonyl (C=O) groups excluding carboxylic acids is 1. The normalized spacial score (nSPS) is 13.9. The number of nitrogens with zero attached hydrogens (tertiary/aromatic N) is 2. The van der Waals surface area contributed by atoms with Crippen LogP contribution in [0, 0.1) is 5.92 Å². The molecule has 1 N–H and O–H groups in total. The van der Waals surface area contributed by atoms with Crippen LogP contribution in [0.3, 0.4) is 0 Å². The fraction of sp³-hybridized carbons (Fsp3) is 0.263. The molecule has 0 spiro atoms. The molecule has 1 amide bonds. The van der Waals surface area contributed by atoms with Gasteiger partial charge in [0.05, 0.1) is 18.5 Å². The Bertz CT molecular complexity index is 864. The molecule has 0 aliphatic heterocycles. The number of rotatable bonds is 5. The summed E-state index contributed by atoms with van der Waals surface area (Å²) in [6, 6.07) is 11.6. The average molecular weight is 321 g/mol. The Morgan fingerprint density at radius 3 is 2.96 bits per heavy atom. The summed E-state index contributed by atoms with van der Waals surface area (Å²) in [6.07, 6.45) is 6.85. The molecule has 2 heterocycles. The van der Waals surface area contributed by atoms with Crippen LogP contribution >= 0.6 is 0 Å². The molecule has 5 nitrogen and oxygen atoms in total. The van der Waals surface area contributed by atoms with Crippen LogP contribution in [0.15, 0.2) is 48.8 Å². The molecule has 0 atom stereocenters. The number of fused-ring (bicyclic) bond motifs is 1. The van der Waals surface area contributed by atoms with E-state index in [1.807, 2.05) is 53.2 Å². The lowest BCUT2D eigenvalue weighted by atomic mass is 10.1. The zero-order valence-electron chi connectivity index (χ0n) is 13.5. The van der Waals surface area contributed by atoms with Crippen molar-refractivity contribution in [3.8, 4) is 17.0 Å². The van der Waals surface area contributed by atoms with E-state index in [9.17, 15) is 4.79 Å². The Balaban J connectivity index is 1.65. The van der Waals surface area contributed by atoms with E-state index in [1.165, 1.54) is 0 Å². The molecule has 1 fully saturated rings. The lowest BCUT2D eigenvalue weighted by Gasteiger charge is -2.11. The van der Waals surface area contributed by atoms with E-state index in [0.29, 0.717) is 23.8 Å². The number of amides is 1. The lowest BCUT2D eigenvalue weighted by molar-refractivity contribution is -0.116. The first-order chi connectivity index (χ1) is 11.7. The number of nitrogens with one attached hydrogen (secondary N) is 1. The molecule has 2 aromatic heterocycles. The van der Waals surface area contributed by atoms with E-state index in [1.54, 1.807) is 7.11 Å². The van der Waals surface area contributed by atoms with E-state index in [4.69, 9.17) is 4.74 Å². The number of pyridine rings is 1. The zero-order valence-corrected chi connectivity index (χ0v) is 13.5. The van der Waals surface area contributed by atoms with Crippen LogP contribution in [0.1, 0.15) is 19.3 Å². The van der Waals surface area contributed by atoms with Gasteiger partial charge in [0.1, 0.15) is 11.4 Å². The molecule has 4 rings (SSSR count). The fourth-order valence-corrected chi connectivity index (χ4v) is 2.82. The maximum absolute atomic E-state index is 12.1. The van der Waals surface area contributed by atoms with Crippen LogP contribution in [0.2, 0.25) is 0 Å². The number of aromatic nitrogens is 2. The summed E-state index contributed by atoms with van der Waals surface area (Å²) in [5.74, 6) is 1.26. The van der Waals surface area contributed by atoms with Gasteiger partial charge in [-0.05, 0) is 49.1 Å². The van der Waals surface area contributed by atoms with E-state index >= 15 is 0 Å². The van der Waals surface area contributed by atoms with Gasteiger partial charge < -0.3 is 14.5 Å². The van der Waals surface area contributed by atoms with Gasteiger partial charge in [0.25, 0.3) is 0 Å². The Kier molecular flexibility index (Phi) is 3.69. The lowest BCUT2D eigenvalue weighted by Crippen LogP contribution is -2.12. The van der Waals surface area contributed by atoms with Gasteiger partial charge >= 0.3 is 0 Å². The smallest absolute Gasteiger partial charge is 0.224 e. The third kappa shape index (κ3) is 2.97. The van der Waals surface area contributed by atoms with Crippen molar-refractivity contribution >= 4 is 17.2 Å². The Morgan fingerprint density at radius 1 is 1.33 bits per heavy atom. The predicted octanol–water partition coefficient (Wildman–Crippen LogP) is 3.75. The SMILES string of the molecule is COc1ccc(-c2cn3ccccc3n2)cc1NC(=O)CC1CC1. The molecule has 1 saturated carbocycles. The van der Waals surface area contributed by atoms with Gasteiger partial charge in [-0.1, -0.05) is 6.07 Å². The molecule has 1 aliphatic rings. The molecule has 24 heavy (non-hydrogen) atoms. The summed E-state index contributed by atoms with van der Waals surface area (Å²) < 4.78 is 7.35. The summed E-state index contributed by atoms with van der Waals surface area (Å²) >= 11 is 0. The fourth-order valence-electron chi connectivity index (χ4n) is 2.82. The summed E-state index contributed by atoms with van der Waals surface area (Å²) in [5, 5.41) is 2.98. The number of hydrogen-bond acceptors (Lipinski definition) is 3. The van der Waals surface area contributed by atoms with Crippen LogP contribution in [-0.2, 0) is 4.79 Å². The maximum atomic E-state index is 12.1. The first kappa shape index (κ1) is 14.8. The largest absolute Gasteiger partial charge is 0.495 e. The van der Waals surface area contributed by atoms with E-state index < -0.39 is 0 Å². The van der Waals surface area contributed by atoms with Gasteiger partial charge in [-0.15, -0.1) is 0 Å². The maximum Gasteiger partial charge on any atom is 0.224 e. The van der Waals surface area contributed by atoms with Gasteiger partial charge in [-0.2, -0.15) is 0 Å². The van der Waals surface area contributed by atoms with Gasteiger partial charge in [0, 0.05) is 24.4 Å². The van der Waals surface area contributed by atoms with E-state index in [2.05, 4.69) is 10.3 Å². The second kappa shape index (κ2) is 6.00. The van der Waals surface area contributed by atoms with Crippen molar-refractivity contribution in [3.63, 3.8) is 0 Å². The average Bonchev–Trinajstić information content (AvgIpc) is 3.29. The summed E-state index contributed by atoms with van der Waals surface area (Å²) in [7, 11) is 1.61. The van der Waals surface area contributed by atoms with Crippen molar-refractivity contribution in [1.82, 2.24) is 9.38 Å². The van der Waals surface area contributed by atoms with Gasteiger partial charge in [-0.3, -0.25) is 4.79 Å². The second-order valence-electron chi connectivity index (χ2n) is 6.20. The molecule has 1 aliphatic carbocycles. The Hall–Kier alpha value is -2.82. The minimum absolute atomic E-state index is 0.0444. The van der Waals surface area contributed by atoms with Crippen molar-refractivity contribution in [3.05, 3.63) is 48.8 Å². The van der Waals surface area contributed by atoms with Crippen LogP contribution in [0.5, 0.6) is 5.75 Å². The highest BCUT2D eigenvalue weighted by molar-refractivity contribution is 5.93. The molecule has 0 radical (unpaired) electrons. The Morgan fingerprint density at radius 2 is 2.21 bits per heavy atom. The molecular formula is C19H19N3O2. The minimum Gasteiger partial charge on any atom is -0.495 e. The predicted molar refractivity (Wildman–Crippen MR) is 93.2 cm³/mol. The van der Waals surface area contributed by atoms with Crippen LogP contribution < -0.4 is 10.1 Å². The van der Waals surface area contributed by atoms with E-state index in [0.717, 1.165) is 29.7 Å². The second-order valence-corrected chi connectivity index (χ2v) is 6.20. The number of methoxy groups -OCH3 is 1. The topological polar surface area (TPSA) is 55.6 Å². The summed E-state index contributed by atoms with van der Waals surface area (Å²) in [5.41, 5.74) is 3.39. The molecule has 1 aromatic carbocycles. The summed E-state index contributed by atoms with van der Waals surface area (Å²) in [6.45, 7) is 0. The third-order valence-corrected chi connectivity index (χ3v) is 4.30. The highest BCUT2D eigenvalue weighted by atomic mass is 16.5. The first-order valence-electron chi connectivity index (χ1n) is 8.15. The van der Waals surface area contributed by atoms with Crippen molar-refractivity contribution in [2.75, 3.05) is 12.4 Å². The molecule has 122 valence electrons. The quantitative estimate of drug-likeness (QED) is 0.778. The number of anilines is 1. The number of carbonyl (C=O) groups is 1. The monoisotopic (exact) mass is 321 g/mol. The third-order valence-electron chi connectivity index (χ3n) is 4.30. The van der Waals surface area contributed by atoms with Crippen molar-refractivity contribution in [2.45, 2.75) is 19.3 Å². The van der Waals surface area contributed by atoms with Crippen LogP contribution in [-0.4, -0.2) is 22.4 Å². The highest BCUT2D eigenvalue weighted by Gasteiger charge is 2.24. The molecule has 3 aromatic rings. The van der Waals surface area contributed by atoms with Crippen molar-refractivity contribution in [2.24, 2.45) is 5.92 Å². The molecule has 0 bridgehead atoms. The van der Waals surface area contributed by atoms with Crippen molar-refractivity contribution in [1.29, 1.82) is 0 Å². The standard InChI is InChI=1S/C19H19N3O2/c1-24-17-8-7-14(11-15(17)21-19(23)10-13-5-6-13)16-12-22-9-3-2-4-18(22)20-16/h2-4,7-9,11-13H,5-6,10H2,1H3,(H,21,23). The molecule has 0 unspecified atom stereocenters. The van der Waals surface area contributed by atoms with Gasteiger partial charge in [-0.25, -0.2) is 4.98 Å². The number of ether oxygens (including phenoxy) is 1. The number of hydrogen-bond donors (Lipinski definition) is 1. The van der Waals surface area contributed by atoms with Crippen molar-refractivity contribution < 1.29 is 9.53 Å². The zero-order chi connectivity index (χ0) is 16.5. The molecular weight excluding hydrogens is 302 g/mol. The first-order valence-corrected chi connectivity index (χ1v) is 8.15. The van der Waals surface area contributed by atoms with Gasteiger partial charge in [0.15, 0.2) is 0 Å². The Labute approximate surface area is 140 Å². The highest BCUT2D eigenvalue weighted by Crippen LogP contribution is 2.34. The number of imidazole rings is 1. The molecule has 5 heteroatoms. The summed E-state index contributed by atoms with van der Waals surface area (Å²) in [4.78, 5) is 16.8. The van der Waals surface area contributed by atoms with E-state index in [-0.39, 0.29) is 5.91 Å². The molecule has 0 saturated heterocycles. The van der Waals surface area contributed by atoms with Crippen LogP contribution in [0.4, 0.5) is 5.69 Å². The van der Waals surface area contributed by atoms with Crippen LogP contribution in [0.25, 0.3) is 16.9 Å². The minimum atomic E-state index is 0.0444. The van der Waals surface area contributed by atoms with Gasteiger partial charge in [0.2, 0.25) is 5.91 Å². The number of benzene rings is 1.